The molecule has 2 N–H and O–H groups in total. The van der Waals surface area contributed by atoms with Crippen LogP contribution in [0.15, 0.2) is 36.9 Å². The number of piperidine rings is 1. The Morgan fingerprint density at radius 3 is 2.74 bits per heavy atom. The van der Waals surface area contributed by atoms with Crippen molar-refractivity contribution < 1.29 is 27.1 Å². The van der Waals surface area contributed by atoms with Crippen molar-refractivity contribution in [3.8, 4) is 0 Å². The van der Waals surface area contributed by atoms with Gasteiger partial charge in [0.05, 0.1) is 29.1 Å². The Kier molecular flexibility index (Phi) is 8.37. The third-order valence-electron chi connectivity index (χ3n) is 5.60. The lowest BCUT2D eigenvalue weighted by atomic mass is 9.99. The van der Waals surface area contributed by atoms with Gasteiger partial charge in [-0.1, -0.05) is 24.8 Å². The normalized spacial score (nSPS) is 19.3. The zero-order chi connectivity index (χ0) is 25.8. The molecule has 0 bridgehead atoms. The highest BCUT2D eigenvalue weighted by Gasteiger charge is 2.35. The fourth-order valence-electron chi connectivity index (χ4n) is 3.87. The number of likely N-dealkylation sites (tertiary alicyclic amines) is 1. The van der Waals surface area contributed by atoms with Gasteiger partial charge in [0.2, 0.25) is 0 Å². The maximum Gasteiger partial charge on any atom is 0.417 e. The number of alkyl halides is 4. The van der Waals surface area contributed by atoms with Crippen LogP contribution in [0.3, 0.4) is 0 Å². The molecule has 1 aromatic heterocycles. The smallest absolute Gasteiger partial charge is 0.417 e. The van der Waals surface area contributed by atoms with E-state index in [-0.39, 0.29) is 36.0 Å². The molecule has 35 heavy (non-hydrogen) atoms. The third-order valence-corrected chi connectivity index (χ3v) is 5.60. The van der Waals surface area contributed by atoms with Crippen molar-refractivity contribution in [1.29, 1.82) is 0 Å². The zero-order valence-electron chi connectivity index (χ0n) is 20.0. The summed E-state index contributed by atoms with van der Waals surface area (Å²) in [7, 11) is 1.84. The van der Waals surface area contributed by atoms with Gasteiger partial charge in [0, 0.05) is 36.1 Å². The van der Waals surface area contributed by atoms with E-state index in [4.69, 9.17) is 4.74 Å². The van der Waals surface area contributed by atoms with Crippen molar-refractivity contribution in [2.24, 2.45) is 0 Å². The standard InChI is InChI=1S/C25H30F4N4O2/c1-15(2)35-24(34)30-11-6-7-17-13-19-18(23(31-17)16(3)25(27,28)29)8-5-9-21(19)32-22-10-12-33(4)14-20(22)26/h5-9,13,15,20,22,32H,3,10-12,14H2,1-2,4H3,(H,30,34)/b7-6+/t20-,22+/m0/s1. The summed E-state index contributed by atoms with van der Waals surface area (Å²) in [5.41, 5.74) is -0.611. The highest BCUT2D eigenvalue weighted by atomic mass is 19.4. The molecule has 0 spiro atoms. The van der Waals surface area contributed by atoms with E-state index in [0.29, 0.717) is 24.0 Å². The predicted octanol–water partition coefficient (Wildman–Crippen LogP) is 5.41. The topological polar surface area (TPSA) is 66.5 Å². The molecule has 2 aromatic rings. The maximum absolute atomic E-state index is 14.6. The van der Waals surface area contributed by atoms with E-state index in [2.05, 4.69) is 22.2 Å². The summed E-state index contributed by atoms with van der Waals surface area (Å²) in [5.74, 6) is 0. The second-order valence-electron chi connectivity index (χ2n) is 8.83. The molecule has 1 aliphatic rings. The number of carbonyl (C=O) groups excluding carboxylic acids is 1. The predicted molar refractivity (Wildman–Crippen MR) is 130 cm³/mol. The lowest BCUT2D eigenvalue weighted by molar-refractivity contribution is -0.0688. The van der Waals surface area contributed by atoms with Gasteiger partial charge in [-0.25, -0.2) is 14.2 Å². The molecule has 0 radical (unpaired) electrons. The summed E-state index contributed by atoms with van der Waals surface area (Å²) in [5, 5.41) is 6.45. The first kappa shape index (κ1) is 26.5. The van der Waals surface area contributed by atoms with Crippen LogP contribution in [-0.2, 0) is 4.74 Å². The van der Waals surface area contributed by atoms with Crippen molar-refractivity contribution in [3.63, 3.8) is 0 Å². The van der Waals surface area contributed by atoms with Crippen LogP contribution in [0.4, 0.5) is 28.0 Å². The highest BCUT2D eigenvalue weighted by Crippen LogP contribution is 2.37. The van der Waals surface area contributed by atoms with Gasteiger partial charge in [-0.2, -0.15) is 13.2 Å². The Labute approximate surface area is 202 Å². The van der Waals surface area contributed by atoms with Crippen LogP contribution in [0.2, 0.25) is 0 Å². The zero-order valence-corrected chi connectivity index (χ0v) is 20.0. The minimum Gasteiger partial charge on any atom is -0.447 e. The number of fused-ring (bicyclic) bond motifs is 1. The lowest BCUT2D eigenvalue weighted by Crippen LogP contribution is -2.46. The summed E-state index contributed by atoms with van der Waals surface area (Å²) >= 11 is 0. The van der Waals surface area contributed by atoms with E-state index in [9.17, 15) is 22.4 Å². The largest absolute Gasteiger partial charge is 0.447 e. The first-order valence-corrected chi connectivity index (χ1v) is 11.4. The molecule has 1 fully saturated rings. The van der Waals surface area contributed by atoms with Crippen LogP contribution in [-0.4, -0.2) is 67.2 Å². The van der Waals surface area contributed by atoms with Crippen LogP contribution in [0, 0.1) is 0 Å². The maximum atomic E-state index is 14.6. The average Bonchev–Trinajstić information content (AvgIpc) is 2.76. The van der Waals surface area contributed by atoms with Gasteiger partial charge in [-0.05, 0) is 45.5 Å². The van der Waals surface area contributed by atoms with Crippen molar-refractivity contribution in [1.82, 2.24) is 15.2 Å². The molecule has 190 valence electrons. The molecule has 0 aliphatic carbocycles. The lowest BCUT2D eigenvalue weighted by Gasteiger charge is -2.33. The summed E-state index contributed by atoms with van der Waals surface area (Å²) in [4.78, 5) is 17.7. The number of nitrogens with zero attached hydrogens (tertiary/aromatic N) is 2. The van der Waals surface area contributed by atoms with Crippen molar-refractivity contribution in [2.45, 2.75) is 44.8 Å². The number of nitrogens with one attached hydrogen (secondary N) is 2. The third kappa shape index (κ3) is 6.94. The minimum atomic E-state index is -4.67. The van der Waals surface area contributed by atoms with Crippen molar-refractivity contribution in [2.75, 3.05) is 32.0 Å². The van der Waals surface area contributed by atoms with Crippen LogP contribution in [0.1, 0.15) is 31.7 Å². The molecule has 2 heterocycles. The highest BCUT2D eigenvalue weighted by molar-refractivity contribution is 6.00. The molecule has 2 atom stereocenters. The molecule has 1 amide bonds. The number of allylic oxidation sites excluding steroid dienone is 1. The van der Waals surface area contributed by atoms with E-state index >= 15 is 0 Å². The Balaban J connectivity index is 1.95. The number of amides is 1. The summed E-state index contributed by atoms with van der Waals surface area (Å²) in [6.45, 7) is 7.74. The molecule has 6 nitrogen and oxygen atoms in total. The van der Waals surface area contributed by atoms with Crippen molar-refractivity contribution in [3.05, 3.63) is 48.3 Å². The van der Waals surface area contributed by atoms with E-state index in [1.54, 1.807) is 38.1 Å². The number of carbonyl (C=O) groups is 1. The van der Waals surface area contributed by atoms with E-state index in [1.165, 1.54) is 12.1 Å². The van der Waals surface area contributed by atoms with Gasteiger partial charge in [0.25, 0.3) is 0 Å². The van der Waals surface area contributed by atoms with Crippen LogP contribution in [0.5, 0.6) is 0 Å². The van der Waals surface area contributed by atoms with Crippen LogP contribution in [0.25, 0.3) is 22.4 Å². The fourth-order valence-corrected chi connectivity index (χ4v) is 3.87. The average molecular weight is 495 g/mol. The molecular weight excluding hydrogens is 464 g/mol. The van der Waals surface area contributed by atoms with Gasteiger partial charge in [0.15, 0.2) is 0 Å². The first-order valence-electron chi connectivity index (χ1n) is 11.4. The molecule has 1 aliphatic heterocycles. The van der Waals surface area contributed by atoms with Gasteiger partial charge < -0.3 is 20.3 Å². The molecular formula is C25H30F4N4O2. The number of ether oxygens (including phenoxy) is 1. The Hall–Kier alpha value is -3.14. The van der Waals surface area contributed by atoms with E-state index < -0.39 is 30.1 Å². The SMILES string of the molecule is C=C(c1nc(/C=C/CNC(=O)OC(C)C)cc2c(N[C@@H]3CCN(C)C[C@@H]3F)cccc12)C(F)(F)F. The number of hydrogen-bond acceptors (Lipinski definition) is 5. The number of hydrogen-bond donors (Lipinski definition) is 2. The number of halogens is 4. The summed E-state index contributed by atoms with van der Waals surface area (Å²) in [6.07, 6.45) is -3.05. The van der Waals surface area contributed by atoms with Crippen molar-refractivity contribution >= 4 is 34.2 Å². The van der Waals surface area contributed by atoms with Crippen LogP contribution < -0.4 is 10.6 Å². The second-order valence-corrected chi connectivity index (χ2v) is 8.83. The van der Waals surface area contributed by atoms with Gasteiger partial charge in [0.1, 0.15) is 6.17 Å². The Morgan fingerprint density at radius 1 is 1.34 bits per heavy atom. The number of rotatable bonds is 7. The molecule has 3 rings (SSSR count). The first-order chi connectivity index (χ1) is 16.5. The quantitative estimate of drug-likeness (QED) is 0.504. The van der Waals surface area contributed by atoms with Gasteiger partial charge in [-0.15, -0.1) is 0 Å². The van der Waals surface area contributed by atoms with E-state index in [1.807, 2.05) is 11.9 Å². The van der Waals surface area contributed by atoms with E-state index in [0.717, 1.165) is 0 Å². The molecule has 10 heteroatoms. The summed E-state index contributed by atoms with van der Waals surface area (Å²) in [6, 6.07) is 6.04. The second kappa shape index (κ2) is 11.1. The summed E-state index contributed by atoms with van der Waals surface area (Å²) < 4.78 is 60.3. The molecule has 1 aromatic carbocycles. The Morgan fingerprint density at radius 2 is 2.09 bits per heavy atom. The Bertz CT molecular complexity index is 1100. The van der Waals surface area contributed by atoms with Crippen LogP contribution >= 0.6 is 0 Å². The molecule has 0 saturated carbocycles. The molecule has 1 saturated heterocycles. The van der Waals surface area contributed by atoms with Gasteiger partial charge >= 0.3 is 12.3 Å². The fraction of sp³-hybridized carbons (Fsp3) is 0.440. The van der Waals surface area contributed by atoms with Gasteiger partial charge in [-0.3, -0.25) is 0 Å². The number of pyridine rings is 1. The number of alkyl carbamates (subject to hydrolysis) is 1. The number of benzene rings is 1. The number of aromatic nitrogens is 1. The monoisotopic (exact) mass is 494 g/mol. The minimum absolute atomic E-state index is 0.0971. The number of anilines is 1. The molecule has 0 unspecified atom stereocenters.